The number of phenols is 1. The Morgan fingerprint density at radius 1 is 1.31 bits per heavy atom. The Bertz CT molecular complexity index is 289. The lowest BCUT2D eigenvalue weighted by atomic mass is 10.1. The van der Waals surface area contributed by atoms with Crippen molar-refractivity contribution in [2.45, 2.75) is 19.4 Å². The van der Waals surface area contributed by atoms with Crippen LogP contribution < -0.4 is 0 Å². The first-order valence-corrected chi connectivity index (χ1v) is 5.50. The SMILES string of the molecule is CCC(O)c1cc(Br)c(O)c(Br)c1. The fourth-order valence-corrected chi connectivity index (χ4v) is 2.24. The van der Waals surface area contributed by atoms with Gasteiger partial charge in [-0.15, -0.1) is 0 Å². The van der Waals surface area contributed by atoms with Crippen molar-refractivity contribution in [2.24, 2.45) is 0 Å². The van der Waals surface area contributed by atoms with Crippen molar-refractivity contribution >= 4 is 31.9 Å². The number of aliphatic hydroxyl groups excluding tert-OH is 1. The van der Waals surface area contributed by atoms with E-state index >= 15 is 0 Å². The average molecular weight is 310 g/mol. The Morgan fingerprint density at radius 2 is 1.77 bits per heavy atom. The molecular formula is C9H10Br2O2. The maximum absolute atomic E-state index is 9.55. The van der Waals surface area contributed by atoms with Gasteiger partial charge < -0.3 is 10.2 Å². The lowest BCUT2D eigenvalue weighted by Gasteiger charge is -2.10. The minimum Gasteiger partial charge on any atom is -0.506 e. The van der Waals surface area contributed by atoms with E-state index in [0.717, 1.165) is 5.56 Å². The van der Waals surface area contributed by atoms with E-state index in [1.165, 1.54) is 0 Å². The van der Waals surface area contributed by atoms with Crippen molar-refractivity contribution in [2.75, 3.05) is 0 Å². The van der Waals surface area contributed by atoms with Gasteiger partial charge in [0.1, 0.15) is 5.75 Å². The van der Waals surface area contributed by atoms with Crippen molar-refractivity contribution in [1.29, 1.82) is 0 Å². The van der Waals surface area contributed by atoms with Crippen molar-refractivity contribution in [3.63, 3.8) is 0 Å². The van der Waals surface area contributed by atoms with Gasteiger partial charge in [-0.3, -0.25) is 0 Å². The van der Waals surface area contributed by atoms with Crippen LogP contribution in [0, 0.1) is 0 Å². The molecule has 0 saturated heterocycles. The van der Waals surface area contributed by atoms with E-state index in [1.54, 1.807) is 12.1 Å². The van der Waals surface area contributed by atoms with Crippen LogP contribution in [0.15, 0.2) is 21.1 Å². The fraction of sp³-hybridized carbons (Fsp3) is 0.333. The van der Waals surface area contributed by atoms with Crippen molar-refractivity contribution < 1.29 is 10.2 Å². The highest BCUT2D eigenvalue weighted by atomic mass is 79.9. The van der Waals surface area contributed by atoms with Crippen molar-refractivity contribution in [3.05, 3.63) is 26.6 Å². The Balaban J connectivity index is 3.13. The van der Waals surface area contributed by atoms with Crippen molar-refractivity contribution in [3.8, 4) is 5.75 Å². The summed E-state index contributed by atoms with van der Waals surface area (Å²) in [4.78, 5) is 0. The lowest BCUT2D eigenvalue weighted by Crippen LogP contribution is -1.95. The number of phenolic OH excluding ortho intramolecular Hbond substituents is 1. The fourth-order valence-electron chi connectivity index (χ4n) is 1.01. The molecule has 0 aromatic heterocycles. The summed E-state index contributed by atoms with van der Waals surface area (Å²) in [6.07, 6.45) is 0.178. The second kappa shape index (κ2) is 4.44. The highest BCUT2D eigenvalue weighted by Gasteiger charge is 2.10. The van der Waals surface area contributed by atoms with Crippen LogP contribution in [0.2, 0.25) is 0 Å². The Kier molecular flexibility index (Phi) is 3.76. The normalized spacial score (nSPS) is 12.9. The topological polar surface area (TPSA) is 40.5 Å². The maximum atomic E-state index is 9.55. The van der Waals surface area contributed by atoms with Crippen LogP contribution in [0.4, 0.5) is 0 Å². The zero-order chi connectivity index (χ0) is 10.0. The van der Waals surface area contributed by atoms with Crippen LogP contribution >= 0.6 is 31.9 Å². The third-order valence-electron chi connectivity index (χ3n) is 1.81. The molecule has 0 bridgehead atoms. The largest absolute Gasteiger partial charge is 0.506 e. The number of halogens is 2. The zero-order valence-corrected chi connectivity index (χ0v) is 10.3. The molecule has 0 heterocycles. The first-order chi connectivity index (χ1) is 6.06. The van der Waals surface area contributed by atoms with Gasteiger partial charge in [-0.05, 0) is 56.0 Å². The van der Waals surface area contributed by atoms with E-state index < -0.39 is 6.10 Å². The lowest BCUT2D eigenvalue weighted by molar-refractivity contribution is 0.173. The molecule has 2 nitrogen and oxygen atoms in total. The van der Waals surface area contributed by atoms with Crippen LogP contribution in [0.25, 0.3) is 0 Å². The Morgan fingerprint density at radius 3 is 2.15 bits per heavy atom. The van der Waals surface area contributed by atoms with Crippen LogP contribution in [0.1, 0.15) is 25.0 Å². The number of aliphatic hydroxyl groups is 1. The van der Waals surface area contributed by atoms with Crippen LogP contribution in [-0.2, 0) is 0 Å². The summed E-state index contributed by atoms with van der Waals surface area (Å²) in [7, 11) is 0. The highest BCUT2D eigenvalue weighted by molar-refractivity contribution is 9.11. The molecule has 0 aliphatic rings. The van der Waals surface area contributed by atoms with E-state index in [2.05, 4.69) is 31.9 Å². The van der Waals surface area contributed by atoms with E-state index in [1.807, 2.05) is 6.92 Å². The van der Waals surface area contributed by atoms with E-state index in [-0.39, 0.29) is 5.75 Å². The summed E-state index contributed by atoms with van der Waals surface area (Å²) in [6.45, 7) is 1.90. The van der Waals surface area contributed by atoms with Crippen LogP contribution in [0.3, 0.4) is 0 Å². The molecular weight excluding hydrogens is 300 g/mol. The van der Waals surface area contributed by atoms with Gasteiger partial charge in [0.15, 0.2) is 0 Å². The molecule has 0 fully saturated rings. The number of hydrogen-bond donors (Lipinski definition) is 2. The summed E-state index contributed by atoms with van der Waals surface area (Å²) in [5, 5.41) is 19.0. The highest BCUT2D eigenvalue weighted by Crippen LogP contribution is 2.35. The van der Waals surface area contributed by atoms with Gasteiger partial charge in [0.2, 0.25) is 0 Å². The first-order valence-electron chi connectivity index (χ1n) is 3.92. The minimum atomic E-state index is -0.479. The average Bonchev–Trinajstić information content (AvgIpc) is 2.12. The number of aromatic hydroxyl groups is 1. The van der Waals surface area contributed by atoms with Crippen LogP contribution in [-0.4, -0.2) is 10.2 Å². The summed E-state index contributed by atoms with van der Waals surface area (Å²) < 4.78 is 1.17. The second-order valence-electron chi connectivity index (χ2n) is 2.76. The predicted octanol–water partition coefficient (Wildman–Crippen LogP) is 3.36. The van der Waals surface area contributed by atoms with Gasteiger partial charge in [0.25, 0.3) is 0 Å². The zero-order valence-electron chi connectivity index (χ0n) is 7.09. The Hall–Kier alpha value is -0.0600. The molecule has 1 aromatic carbocycles. The Labute approximate surface area is 93.8 Å². The monoisotopic (exact) mass is 308 g/mol. The van der Waals surface area contributed by atoms with Gasteiger partial charge in [-0.25, -0.2) is 0 Å². The van der Waals surface area contributed by atoms with Gasteiger partial charge in [-0.1, -0.05) is 6.92 Å². The molecule has 0 aliphatic carbocycles. The molecule has 1 rings (SSSR count). The number of rotatable bonds is 2. The molecule has 1 atom stereocenters. The summed E-state index contributed by atoms with van der Waals surface area (Å²) in [6, 6.07) is 3.43. The molecule has 0 radical (unpaired) electrons. The molecule has 4 heteroatoms. The minimum absolute atomic E-state index is 0.159. The quantitative estimate of drug-likeness (QED) is 0.879. The van der Waals surface area contributed by atoms with Crippen LogP contribution in [0.5, 0.6) is 5.75 Å². The third kappa shape index (κ3) is 2.45. The van der Waals surface area contributed by atoms with Gasteiger partial charge in [-0.2, -0.15) is 0 Å². The first kappa shape index (κ1) is 11.0. The molecule has 0 amide bonds. The van der Waals surface area contributed by atoms with Gasteiger partial charge in [0.05, 0.1) is 15.0 Å². The van der Waals surface area contributed by atoms with E-state index in [4.69, 9.17) is 0 Å². The number of benzene rings is 1. The summed E-state index contributed by atoms with van der Waals surface area (Å²) in [5.74, 6) is 0.159. The smallest absolute Gasteiger partial charge is 0.143 e. The standard InChI is InChI=1S/C9H10Br2O2/c1-2-8(12)5-3-6(10)9(13)7(11)4-5/h3-4,8,12-13H,2H2,1H3. The molecule has 0 spiro atoms. The molecule has 13 heavy (non-hydrogen) atoms. The van der Waals surface area contributed by atoms with Gasteiger partial charge in [0, 0.05) is 0 Å². The maximum Gasteiger partial charge on any atom is 0.143 e. The van der Waals surface area contributed by atoms with E-state index in [0.29, 0.717) is 15.4 Å². The van der Waals surface area contributed by atoms with Crippen molar-refractivity contribution in [1.82, 2.24) is 0 Å². The second-order valence-corrected chi connectivity index (χ2v) is 4.47. The van der Waals surface area contributed by atoms with Gasteiger partial charge >= 0.3 is 0 Å². The molecule has 0 saturated carbocycles. The molecule has 2 N–H and O–H groups in total. The molecule has 1 unspecified atom stereocenters. The molecule has 1 aromatic rings. The third-order valence-corrected chi connectivity index (χ3v) is 3.02. The van der Waals surface area contributed by atoms with E-state index in [9.17, 15) is 10.2 Å². The summed E-state index contributed by atoms with van der Waals surface area (Å²) in [5.41, 5.74) is 0.791. The molecule has 72 valence electrons. The number of hydrogen-bond acceptors (Lipinski definition) is 2. The summed E-state index contributed by atoms with van der Waals surface area (Å²) >= 11 is 6.41. The predicted molar refractivity (Wildman–Crippen MR) is 58.8 cm³/mol. The molecule has 0 aliphatic heterocycles.